The van der Waals surface area contributed by atoms with Gasteiger partial charge in [0.05, 0.1) is 17.7 Å². The van der Waals surface area contributed by atoms with E-state index >= 15 is 0 Å². The maximum atomic E-state index is 12.3. The number of carbonyl (C=O) groups is 2. The molecule has 0 spiro atoms. The van der Waals surface area contributed by atoms with Crippen molar-refractivity contribution in [1.82, 2.24) is 9.88 Å². The number of ether oxygens (including phenoxy) is 1. The molecular formula is C17H21N3O3S. The standard InChI is InChI=1S/C17H21N3O3S/c1-5-6-15-19-13(10-24-15)16(21)18-11-7-8-14(23-4)12(9-11)17(22)20(2)3/h7-10H,5-6H2,1-4H3,(H,18,21). The fraction of sp³-hybridized carbons (Fsp3) is 0.353. The molecule has 0 saturated carbocycles. The molecule has 6 nitrogen and oxygen atoms in total. The summed E-state index contributed by atoms with van der Waals surface area (Å²) in [6, 6.07) is 4.97. The summed E-state index contributed by atoms with van der Waals surface area (Å²) in [4.78, 5) is 30.3. The van der Waals surface area contributed by atoms with E-state index in [1.165, 1.54) is 23.3 Å². The van der Waals surface area contributed by atoms with Crippen LogP contribution in [0.25, 0.3) is 0 Å². The van der Waals surface area contributed by atoms with Crippen molar-refractivity contribution in [1.29, 1.82) is 0 Å². The number of nitrogens with zero attached hydrogens (tertiary/aromatic N) is 2. The van der Waals surface area contributed by atoms with Crippen molar-refractivity contribution in [2.24, 2.45) is 0 Å². The monoisotopic (exact) mass is 347 g/mol. The lowest BCUT2D eigenvalue weighted by Crippen LogP contribution is -2.22. The second-order valence-corrected chi connectivity index (χ2v) is 6.39. The van der Waals surface area contributed by atoms with Gasteiger partial charge in [-0.05, 0) is 31.0 Å². The molecule has 0 unspecified atom stereocenters. The molecule has 0 atom stereocenters. The molecule has 0 aliphatic heterocycles. The van der Waals surface area contributed by atoms with Gasteiger partial charge in [0.2, 0.25) is 0 Å². The molecule has 2 aromatic rings. The molecule has 0 bridgehead atoms. The van der Waals surface area contributed by atoms with Crippen LogP contribution in [0.3, 0.4) is 0 Å². The van der Waals surface area contributed by atoms with E-state index in [9.17, 15) is 9.59 Å². The zero-order valence-corrected chi connectivity index (χ0v) is 15.1. The first kappa shape index (κ1) is 17.9. The number of hydrogen-bond donors (Lipinski definition) is 1. The molecular weight excluding hydrogens is 326 g/mol. The lowest BCUT2D eigenvalue weighted by atomic mass is 10.1. The van der Waals surface area contributed by atoms with Gasteiger partial charge in [-0.3, -0.25) is 9.59 Å². The summed E-state index contributed by atoms with van der Waals surface area (Å²) in [7, 11) is 4.83. The maximum Gasteiger partial charge on any atom is 0.275 e. The van der Waals surface area contributed by atoms with Crippen LogP contribution < -0.4 is 10.1 Å². The van der Waals surface area contributed by atoms with Gasteiger partial charge in [0.25, 0.3) is 11.8 Å². The Morgan fingerprint density at radius 2 is 2.08 bits per heavy atom. The molecule has 0 fully saturated rings. The molecule has 1 heterocycles. The van der Waals surface area contributed by atoms with Gasteiger partial charge in [-0.2, -0.15) is 0 Å². The first-order chi connectivity index (χ1) is 11.5. The Hall–Kier alpha value is -2.41. The van der Waals surface area contributed by atoms with Gasteiger partial charge >= 0.3 is 0 Å². The number of thiazole rings is 1. The fourth-order valence-corrected chi connectivity index (χ4v) is 3.01. The summed E-state index contributed by atoms with van der Waals surface area (Å²) < 4.78 is 5.22. The molecule has 2 rings (SSSR count). The quantitative estimate of drug-likeness (QED) is 0.872. The van der Waals surface area contributed by atoms with Crippen LogP contribution >= 0.6 is 11.3 Å². The molecule has 0 aliphatic carbocycles. The molecule has 128 valence electrons. The summed E-state index contributed by atoms with van der Waals surface area (Å²) in [5, 5.41) is 5.47. The van der Waals surface area contributed by atoms with Crippen molar-refractivity contribution in [3.63, 3.8) is 0 Å². The Bertz CT molecular complexity index is 740. The Morgan fingerprint density at radius 3 is 2.71 bits per heavy atom. The van der Waals surface area contributed by atoms with Crippen molar-refractivity contribution in [3.8, 4) is 5.75 Å². The molecule has 1 N–H and O–H groups in total. The van der Waals surface area contributed by atoms with Gasteiger partial charge in [0.1, 0.15) is 11.4 Å². The van der Waals surface area contributed by atoms with Crippen molar-refractivity contribution in [2.75, 3.05) is 26.5 Å². The predicted octanol–water partition coefficient (Wildman–Crippen LogP) is 3.06. The van der Waals surface area contributed by atoms with E-state index in [0.29, 0.717) is 22.7 Å². The Labute approximate surface area is 145 Å². The van der Waals surface area contributed by atoms with Crippen LogP contribution in [0.15, 0.2) is 23.6 Å². The SMILES string of the molecule is CCCc1nc(C(=O)Nc2ccc(OC)c(C(=O)N(C)C)c2)cs1. The first-order valence-corrected chi connectivity index (χ1v) is 8.49. The molecule has 24 heavy (non-hydrogen) atoms. The number of hydrogen-bond acceptors (Lipinski definition) is 5. The molecule has 0 saturated heterocycles. The lowest BCUT2D eigenvalue weighted by molar-refractivity contribution is 0.0824. The van der Waals surface area contributed by atoms with Crippen LogP contribution in [0.5, 0.6) is 5.75 Å². The third-order valence-corrected chi connectivity index (χ3v) is 4.25. The van der Waals surface area contributed by atoms with Crippen LogP contribution in [0.2, 0.25) is 0 Å². The number of aryl methyl sites for hydroxylation is 1. The predicted molar refractivity (Wildman–Crippen MR) is 95.1 cm³/mol. The topological polar surface area (TPSA) is 71.5 Å². The Morgan fingerprint density at radius 1 is 1.33 bits per heavy atom. The average molecular weight is 347 g/mol. The summed E-state index contributed by atoms with van der Waals surface area (Å²) in [5.74, 6) is -0.0190. The summed E-state index contributed by atoms with van der Waals surface area (Å²) in [6.07, 6.45) is 1.85. The smallest absolute Gasteiger partial charge is 0.275 e. The van der Waals surface area contributed by atoms with Crippen LogP contribution in [-0.2, 0) is 6.42 Å². The van der Waals surface area contributed by atoms with E-state index in [-0.39, 0.29) is 11.8 Å². The van der Waals surface area contributed by atoms with Crippen molar-refractivity contribution >= 4 is 28.8 Å². The Balaban J connectivity index is 2.21. The van der Waals surface area contributed by atoms with Gasteiger partial charge in [-0.25, -0.2) is 4.98 Å². The van der Waals surface area contributed by atoms with Crippen LogP contribution in [0.1, 0.15) is 39.2 Å². The van der Waals surface area contributed by atoms with Gasteiger partial charge < -0.3 is 15.0 Å². The highest BCUT2D eigenvalue weighted by Gasteiger charge is 2.17. The first-order valence-electron chi connectivity index (χ1n) is 7.61. The highest BCUT2D eigenvalue weighted by molar-refractivity contribution is 7.09. The van der Waals surface area contributed by atoms with E-state index in [2.05, 4.69) is 17.2 Å². The van der Waals surface area contributed by atoms with E-state index in [0.717, 1.165) is 17.8 Å². The number of rotatable bonds is 6. The molecule has 0 radical (unpaired) electrons. The fourth-order valence-electron chi connectivity index (χ4n) is 2.13. The lowest BCUT2D eigenvalue weighted by Gasteiger charge is -2.14. The summed E-state index contributed by atoms with van der Waals surface area (Å²) in [6.45, 7) is 2.07. The zero-order valence-electron chi connectivity index (χ0n) is 14.3. The van der Waals surface area contributed by atoms with E-state index < -0.39 is 0 Å². The number of nitrogens with one attached hydrogen (secondary N) is 1. The highest BCUT2D eigenvalue weighted by atomic mass is 32.1. The van der Waals surface area contributed by atoms with E-state index in [4.69, 9.17) is 4.74 Å². The number of amides is 2. The van der Waals surface area contributed by atoms with Crippen LogP contribution in [0.4, 0.5) is 5.69 Å². The van der Waals surface area contributed by atoms with Gasteiger partial charge in [0.15, 0.2) is 0 Å². The van der Waals surface area contributed by atoms with Gasteiger partial charge in [0, 0.05) is 25.2 Å². The van der Waals surface area contributed by atoms with Gasteiger partial charge in [-0.1, -0.05) is 6.92 Å². The number of aromatic nitrogens is 1. The minimum absolute atomic E-state index is 0.193. The average Bonchev–Trinajstić information content (AvgIpc) is 3.03. The third-order valence-electron chi connectivity index (χ3n) is 3.34. The van der Waals surface area contributed by atoms with Crippen LogP contribution in [-0.4, -0.2) is 42.9 Å². The summed E-state index contributed by atoms with van der Waals surface area (Å²) in [5.41, 5.74) is 1.31. The number of anilines is 1. The van der Waals surface area contributed by atoms with Gasteiger partial charge in [-0.15, -0.1) is 11.3 Å². The van der Waals surface area contributed by atoms with Crippen molar-refractivity contribution in [2.45, 2.75) is 19.8 Å². The largest absolute Gasteiger partial charge is 0.496 e. The molecule has 0 aliphatic rings. The zero-order chi connectivity index (χ0) is 17.7. The van der Waals surface area contributed by atoms with Crippen molar-refractivity contribution in [3.05, 3.63) is 39.8 Å². The van der Waals surface area contributed by atoms with E-state index in [1.54, 1.807) is 37.7 Å². The van der Waals surface area contributed by atoms with Crippen molar-refractivity contribution < 1.29 is 14.3 Å². The molecule has 1 aromatic heterocycles. The molecule has 7 heteroatoms. The number of carbonyl (C=O) groups excluding carboxylic acids is 2. The molecule has 2 amide bonds. The normalized spacial score (nSPS) is 10.3. The highest BCUT2D eigenvalue weighted by Crippen LogP contribution is 2.24. The Kier molecular flexibility index (Phi) is 5.92. The maximum absolute atomic E-state index is 12.3. The van der Waals surface area contributed by atoms with Crippen LogP contribution in [0, 0.1) is 0 Å². The summed E-state index contributed by atoms with van der Waals surface area (Å²) >= 11 is 1.48. The number of benzene rings is 1. The third kappa shape index (κ3) is 4.11. The molecule has 1 aromatic carbocycles. The number of methoxy groups -OCH3 is 1. The minimum Gasteiger partial charge on any atom is -0.496 e. The second-order valence-electron chi connectivity index (χ2n) is 5.45. The second kappa shape index (κ2) is 7.92. The van der Waals surface area contributed by atoms with E-state index in [1.807, 2.05) is 0 Å². The minimum atomic E-state index is -0.290.